The zero-order valence-electron chi connectivity index (χ0n) is 27.6. The molecule has 3 rings (SSSR count). The summed E-state index contributed by atoms with van der Waals surface area (Å²) in [6, 6.07) is -3.68. The molecule has 260 valence electrons. The number of alkyl halides is 2. The van der Waals surface area contributed by atoms with Crippen LogP contribution in [0.2, 0.25) is 0 Å². The number of hydrogen-bond donors (Lipinski definition) is 5. The average Bonchev–Trinajstić information content (AvgIpc) is 3.71. The first-order chi connectivity index (χ1) is 22.1. The number of Topliss-reactive ketones (excluding diaryl/α,β-unsaturated/α-hetero) is 1. The minimum Gasteiger partial charge on any atom is -0.354 e. The number of carbonyl (C=O) groups is 6. The maximum Gasteiger partial charge on any atom is 0.289 e. The number of hydrogen-bond acceptors (Lipinski definition) is 8. The third kappa shape index (κ3) is 11.6. The van der Waals surface area contributed by atoms with E-state index in [0.717, 1.165) is 19.3 Å². The van der Waals surface area contributed by atoms with Crippen molar-refractivity contribution in [3.05, 3.63) is 24.3 Å². The van der Waals surface area contributed by atoms with Gasteiger partial charge in [-0.25, -0.2) is 13.8 Å². The number of aromatic nitrogens is 2. The predicted molar refractivity (Wildman–Crippen MR) is 167 cm³/mol. The molecule has 0 aromatic carbocycles. The van der Waals surface area contributed by atoms with E-state index in [2.05, 4.69) is 36.6 Å². The van der Waals surface area contributed by atoms with Crippen molar-refractivity contribution in [1.29, 1.82) is 0 Å². The van der Waals surface area contributed by atoms with Gasteiger partial charge >= 0.3 is 0 Å². The van der Waals surface area contributed by atoms with Crippen LogP contribution < -0.4 is 26.6 Å². The fraction of sp³-hybridized carbons (Fsp3) is 0.688. The van der Waals surface area contributed by atoms with Gasteiger partial charge in [0.2, 0.25) is 29.9 Å². The fourth-order valence-electron chi connectivity index (χ4n) is 5.60. The van der Waals surface area contributed by atoms with Gasteiger partial charge in [-0.2, -0.15) is 0 Å². The summed E-state index contributed by atoms with van der Waals surface area (Å²) >= 11 is 0. The second-order valence-corrected chi connectivity index (χ2v) is 13.9. The monoisotopic (exact) mass is 663 g/mol. The normalized spacial score (nSPS) is 19.8. The molecule has 0 spiro atoms. The van der Waals surface area contributed by atoms with Gasteiger partial charge in [0.05, 0.1) is 6.20 Å². The minimum atomic E-state index is -2.89. The summed E-state index contributed by atoms with van der Waals surface area (Å²) in [5.41, 5.74) is -0.658. The lowest BCUT2D eigenvalue weighted by atomic mass is 9.85. The second-order valence-electron chi connectivity index (χ2n) is 13.9. The molecule has 1 unspecified atom stereocenters. The van der Waals surface area contributed by atoms with Crippen LogP contribution in [0.5, 0.6) is 0 Å². The SMILES string of the molecule is CC(C)[C@@H](NC(=O)c1cnccn1)C(=O)N[C@H](C(=O)NC[C@@H]1CCC[C@@H]1CC(=O)NC(CC(F)F)C(=O)C(=O)NC1CC1)C(C)(C)C. The fourth-order valence-corrected chi connectivity index (χ4v) is 5.60. The molecule has 0 bridgehead atoms. The van der Waals surface area contributed by atoms with E-state index in [0.29, 0.717) is 12.8 Å². The van der Waals surface area contributed by atoms with Crippen LogP contribution in [0, 0.1) is 23.2 Å². The molecule has 5 amide bonds. The lowest BCUT2D eigenvalue weighted by Crippen LogP contribution is -2.59. The Morgan fingerprint density at radius 3 is 2.17 bits per heavy atom. The average molecular weight is 664 g/mol. The van der Waals surface area contributed by atoms with Crippen molar-refractivity contribution >= 4 is 35.3 Å². The summed E-state index contributed by atoms with van der Waals surface area (Å²) in [6.07, 6.45) is 3.73. The maximum atomic E-state index is 13.5. The molecule has 1 heterocycles. The van der Waals surface area contributed by atoms with E-state index in [-0.39, 0.29) is 42.5 Å². The highest BCUT2D eigenvalue weighted by molar-refractivity contribution is 6.38. The quantitative estimate of drug-likeness (QED) is 0.165. The van der Waals surface area contributed by atoms with Crippen molar-refractivity contribution < 1.29 is 37.5 Å². The van der Waals surface area contributed by atoms with Crippen LogP contribution in [0.4, 0.5) is 8.78 Å². The summed E-state index contributed by atoms with van der Waals surface area (Å²) < 4.78 is 26.4. The molecule has 0 aliphatic heterocycles. The molecule has 1 aromatic rings. The Labute approximate surface area is 273 Å². The van der Waals surface area contributed by atoms with E-state index in [9.17, 15) is 37.5 Å². The lowest BCUT2D eigenvalue weighted by Gasteiger charge is -2.33. The highest BCUT2D eigenvalue weighted by Gasteiger charge is 2.38. The summed E-state index contributed by atoms with van der Waals surface area (Å²) in [5, 5.41) is 13.2. The van der Waals surface area contributed by atoms with Crippen molar-refractivity contribution in [3.8, 4) is 0 Å². The number of nitrogens with one attached hydrogen (secondary N) is 5. The van der Waals surface area contributed by atoms with E-state index < -0.39 is 71.7 Å². The van der Waals surface area contributed by atoms with Crippen LogP contribution in [0.15, 0.2) is 18.6 Å². The topological polar surface area (TPSA) is 188 Å². The van der Waals surface area contributed by atoms with Crippen molar-refractivity contribution in [3.63, 3.8) is 0 Å². The van der Waals surface area contributed by atoms with Gasteiger partial charge in [0.25, 0.3) is 11.8 Å². The standard InChI is InChI=1S/C32H47F2N7O6/c1-17(2)25(40-28(44)22-16-35-11-12-36-22)29(45)41-27(32(3,4)5)31(47)37-15-19-8-6-7-18(19)13-24(42)39-21(14-23(33)34)26(43)30(46)38-20-9-10-20/h11-12,16-21,23,25,27H,6-10,13-15H2,1-5H3,(H,37,47)(H,38,46)(H,39,42)(H,40,44)(H,41,45)/t18-,19+,21?,25-,27-/m1/s1. The van der Waals surface area contributed by atoms with Gasteiger partial charge in [0, 0.05) is 37.8 Å². The summed E-state index contributed by atoms with van der Waals surface area (Å²) in [4.78, 5) is 84.9. The second kappa shape index (κ2) is 16.7. The van der Waals surface area contributed by atoms with Gasteiger partial charge in [0.15, 0.2) is 0 Å². The van der Waals surface area contributed by atoms with E-state index in [1.54, 1.807) is 34.6 Å². The van der Waals surface area contributed by atoms with Gasteiger partial charge in [-0.05, 0) is 48.9 Å². The number of rotatable bonds is 16. The number of halogens is 2. The van der Waals surface area contributed by atoms with E-state index in [4.69, 9.17) is 0 Å². The number of carbonyl (C=O) groups excluding carboxylic acids is 6. The molecule has 15 heteroatoms. The highest BCUT2D eigenvalue weighted by atomic mass is 19.3. The molecule has 47 heavy (non-hydrogen) atoms. The molecule has 5 atom stereocenters. The molecular formula is C32H47F2N7O6. The van der Waals surface area contributed by atoms with Gasteiger partial charge in [-0.3, -0.25) is 33.8 Å². The summed E-state index contributed by atoms with van der Waals surface area (Å²) in [6.45, 7) is 9.12. The van der Waals surface area contributed by atoms with Gasteiger partial charge in [-0.15, -0.1) is 0 Å². The van der Waals surface area contributed by atoms with Crippen molar-refractivity contribution in [1.82, 2.24) is 36.6 Å². The third-order valence-corrected chi connectivity index (χ3v) is 8.45. The van der Waals surface area contributed by atoms with E-state index in [1.807, 2.05) is 0 Å². The Bertz CT molecular complexity index is 1290. The van der Waals surface area contributed by atoms with Crippen LogP contribution in [0.3, 0.4) is 0 Å². The molecule has 13 nitrogen and oxygen atoms in total. The largest absolute Gasteiger partial charge is 0.354 e. The Balaban J connectivity index is 1.58. The molecule has 2 saturated carbocycles. The van der Waals surface area contributed by atoms with Crippen molar-refractivity contribution in [2.75, 3.05) is 6.54 Å². The molecule has 0 saturated heterocycles. The first-order valence-electron chi connectivity index (χ1n) is 16.1. The van der Waals surface area contributed by atoms with E-state index in [1.165, 1.54) is 18.6 Å². The Morgan fingerprint density at radius 2 is 1.60 bits per heavy atom. The molecule has 2 aliphatic carbocycles. The minimum absolute atomic E-state index is 0.0473. The Kier molecular flexibility index (Phi) is 13.3. The van der Waals surface area contributed by atoms with Crippen LogP contribution in [-0.2, 0) is 24.0 Å². The zero-order valence-corrected chi connectivity index (χ0v) is 27.6. The molecule has 1 aromatic heterocycles. The predicted octanol–water partition coefficient (Wildman–Crippen LogP) is 1.67. The van der Waals surface area contributed by atoms with Crippen LogP contribution >= 0.6 is 0 Å². The third-order valence-electron chi connectivity index (χ3n) is 8.45. The highest BCUT2D eigenvalue weighted by Crippen LogP contribution is 2.34. The number of amides is 5. The Morgan fingerprint density at radius 1 is 0.915 bits per heavy atom. The van der Waals surface area contributed by atoms with Crippen molar-refractivity contribution in [2.45, 2.75) is 110 Å². The van der Waals surface area contributed by atoms with Gasteiger partial charge < -0.3 is 26.6 Å². The Hall–Kier alpha value is -4.04. The molecule has 2 aliphatic rings. The number of ketones is 1. The van der Waals surface area contributed by atoms with E-state index >= 15 is 0 Å². The smallest absolute Gasteiger partial charge is 0.289 e. The lowest BCUT2D eigenvalue weighted by molar-refractivity contribution is -0.140. The molecule has 2 fully saturated rings. The summed E-state index contributed by atoms with van der Waals surface area (Å²) in [7, 11) is 0. The zero-order chi connectivity index (χ0) is 34.9. The molecular weight excluding hydrogens is 616 g/mol. The maximum absolute atomic E-state index is 13.5. The first kappa shape index (κ1) is 37.4. The van der Waals surface area contributed by atoms with Gasteiger partial charge in [0.1, 0.15) is 23.8 Å². The number of nitrogens with zero attached hydrogens (tertiary/aromatic N) is 2. The van der Waals surface area contributed by atoms with Crippen molar-refractivity contribution in [2.24, 2.45) is 23.2 Å². The van der Waals surface area contributed by atoms with Gasteiger partial charge in [-0.1, -0.05) is 41.0 Å². The molecule has 0 radical (unpaired) electrons. The van der Waals surface area contributed by atoms with Crippen LogP contribution in [0.1, 0.15) is 90.1 Å². The van der Waals surface area contributed by atoms with Crippen LogP contribution in [0.25, 0.3) is 0 Å². The first-order valence-corrected chi connectivity index (χ1v) is 16.1. The molecule has 5 N–H and O–H groups in total. The summed E-state index contributed by atoms with van der Waals surface area (Å²) in [5.74, 6) is -4.86. The van der Waals surface area contributed by atoms with Crippen LogP contribution in [-0.4, -0.2) is 82.4 Å².